The zero-order valence-corrected chi connectivity index (χ0v) is 15.7. The van der Waals surface area contributed by atoms with Gasteiger partial charge >= 0.3 is 5.69 Å². The molecule has 0 bridgehead atoms. The van der Waals surface area contributed by atoms with Crippen molar-refractivity contribution >= 4 is 21.1 Å². The topological polar surface area (TPSA) is 90.3 Å². The highest BCUT2D eigenvalue weighted by Crippen LogP contribution is 2.37. The molecule has 8 nitrogen and oxygen atoms in total. The van der Waals surface area contributed by atoms with Gasteiger partial charge in [0.05, 0.1) is 27.7 Å². The molecule has 3 heterocycles. The number of aromatic nitrogens is 3. The molecule has 1 aliphatic rings. The van der Waals surface area contributed by atoms with Crippen molar-refractivity contribution in [1.82, 2.24) is 18.6 Å². The molecule has 9 heteroatoms. The Bertz CT molecular complexity index is 1160. The second kappa shape index (κ2) is 5.82. The highest BCUT2D eigenvalue weighted by Gasteiger charge is 2.38. The third-order valence-corrected chi connectivity index (χ3v) is 6.93. The molecular formula is C17H20N4O4S. The Kier molecular flexibility index (Phi) is 3.81. The first-order valence-corrected chi connectivity index (χ1v) is 9.85. The zero-order valence-electron chi connectivity index (χ0n) is 14.8. The molecule has 0 saturated carbocycles. The summed E-state index contributed by atoms with van der Waals surface area (Å²) in [6.07, 6.45) is 1.45. The normalized spacial score (nSPS) is 18.8. The summed E-state index contributed by atoms with van der Waals surface area (Å²) in [7, 11) is -0.413. The number of fused-ring (bicyclic) bond motifs is 1. The lowest BCUT2D eigenvalue weighted by Gasteiger charge is -2.22. The fraction of sp³-hybridized carbons (Fsp3) is 0.412. The Morgan fingerprint density at radius 1 is 1.15 bits per heavy atom. The number of imidazole rings is 1. The van der Waals surface area contributed by atoms with Crippen molar-refractivity contribution in [2.24, 2.45) is 14.1 Å². The molecular weight excluding hydrogens is 356 g/mol. The van der Waals surface area contributed by atoms with E-state index in [1.807, 2.05) is 6.92 Å². The van der Waals surface area contributed by atoms with Crippen LogP contribution in [0.4, 0.5) is 0 Å². The van der Waals surface area contributed by atoms with E-state index in [1.165, 1.54) is 13.4 Å². The molecule has 1 aromatic carbocycles. The standard InChI is InChI=1S/C17H20N4O4S/c1-11-9-16(25-18-11)14-5-4-8-21(14)26(23,24)12-6-7-13-15(10-12)20(3)17(22)19(13)2/h6-7,9-10,14H,4-5,8H2,1-3H3. The van der Waals surface area contributed by atoms with Crippen LogP contribution < -0.4 is 5.69 Å². The Morgan fingerprint density at radius 2 is 1.88 bits per heavy atom. The molecule has 1 unspecified atom stereocenters. The quantitative estimate of drug-likeness (QED) is 0.694. The van der Waals surface area contributed by atoms with Gasteiger partial charge < -0.3 is 4.52 Å². The van der Waals surface area contributed by atoms with Gasteiger partial charge in [-0.2, -0.15) is 4.31 Å². The number of aryl methyl sites for hydroxylation is 3. The van der Waals surface area contributed by atoms with Gasteiger partial charge in [-0.1, -0.05) is 5.16 Å². The predicted molar refractivity (Wildman–Crippen MR) is 95.3 cm³/mol. The third-order valence-electron chi connectivity index (χ3n) is 5.03. The smallest absolute Gasteiger partial charge is 0.328 e. The van der Waals surface area contributed by atoms with Gasteiger partial charge in [0.25, 0.3) is 0 Å². The van der Waals surface area contributed by atoms with E-state index in [4.69, 9.17) is 4.52 Å². The fourth-order valence-corrected chi connectivity index (χ4v) is 5.32. The highest BCUT2D eigenvalue weighted by molar-refractivity contribution is 7.89. The van der Waals surface area contributed by atoms with Crippen LogP contribution in [0.2, 0.25) is 0 Å². The minimum atomic E-state index is -3.72. The van der Waals surface area contributed by atoms with Gasteiger partial charge in [-0.05, 0) is 38.0 Å². The van der Waals surface area contributed by atoms with Crippen molar-refractivity contribution in [1.29, 1.82) is 0 Å². The first-order valence-electron chi connectivity index (χ1n) is 8.41. The van der Waals surface area contributed by atoms with Crippen LogP contribution in [0.15, 0.2) is 38.5 Å². The van der Waals surface area contributed by atoms with Gasteiger partial charge in [-0.3, -0.25) is 9.13 Å². The van der Waals surface area contributed by atoms with Crippen molar-refractivity contribution in [3.63, 3.8) is 0 Å². The van der Waals surface area contributed by atoms with Crippen LogP contribution >= 0.6 is 0 Å². The Hall–Kier alpha value is -2.39. The SMILES string of the molecule is Cc1cc(C2CCCN2S(=O)(=O)c2ccc3c(c2)n(C)c(=O)n3C)on1. The van der Waals surface area contributed by atoms with Crippen molar-refractivity contribution < 1.29 is 12.9 Å². The molecule has 1 atom stereocenters. The van der Waals surface area contributed by atoms with Gasteiger partial charge in [0.2, 0.25) is 10.0 Å². The molecule has 0 amide bonds. The number of rotatable bonds is 3. The number of hydrogen-bond acceptors (Lipinski definition) is 5. The van der Waals surface area contributed by atoms with Gasteiger partial charge in [-0.25, -0.2) is 13.2 Å². The Morgan fingerprint density at radius 3 is 2.58 bits per heavy atom. The maximum atomic E-state index is 13.2. The van der Waals surface area contributed by atoms with Crippen molar-refractivity contribution in [2.45, 2.75) is 30.7 Å². The summed E-state index contributed by atoms with van der Waals surface area (Å²) in [6, 6.07) is 6.22. The summed E-state index contributed by atoms with van der Waals surface area (Å²) in [4.78, 5) is 12.3. The van der Waals surface area contributed by atoms with Gasteiger partial charge in [0.15, 0.2) is 5.76 Å². The minimum absolute atomic E-state index is 0.175. The van der Waals surface area contributed by atoms with Crippen LogP contribution in [0.3, 0.4) is 0 Å². The molecule has 1 saturated heterocycles. The number of benzene rings is 1. The predicted octanol–water partition coefficient (Wildman–Crippen LogP) is 1.70. The molecule has 2 aromatic heterocycles. The van der Waals surface area contributed by atoms with E-state index in [9.17, 15) is 13.2 Å². The Labute approximate surface area is 150 Å². The maximum absolute atomic E-state index is 13.2. The van der Waals surface area contributed by atoms with Crippen molar-refractivity contribution in [2.75, 3.05) is 6.54 Å². The second-order valence-electron chi connectivity index (χ2n) is 6.70. The molecule has 0 N–H and O–H groups in total. The van der Waals surface area contributed by atoms with Crippen molar-refractivity contribution in [3.8, 4) is 0 Å². The summed E-state index contributed by atoms with van der Waals surface area (Å²) in [5, 5.41) is 3.88. The summed E-state index contributed by atoms with van der Waals surface area (Å²) >= 11 is 0. The lowest BCUT2D eigenvalue weighted by atomic mass is 10.2. The number of nitrogens with zero attached hydrogens (tertiary/aromatic N) is 4. The van der Waals surface area contributed by atoms with Crippen LogP contribution in [0.5, 0.6) is 0 Å². The van der Waals surface area contributed by atoms with E-state index in [2.05, 4.69) is 5.16 Å². The first-order chi connectivity index (χ1) is 12.3. The monoisotopic (exact) mass is 376 g/mol. The van der Waals surface area contributed by atoms with E-state index in [1.54, 1.807) is 38.4 Å². The van der Waals surface area contributed by atoms with Gasteiger partial charge in [0, 0.05) is 26.7 Å². The van der Waals surface area contributed by atoms with Crippen LogP contribution in [0.25, 0.3) is 11.0 Å². The minimum Gasteiger partial charge on any atom is -0.359 e. The lowest BCUT2D eigenvalue weighted by molar-refractivity contribution is 0.297. The highest BCUT2D eigenvalue weighted by atomic mass is 32.2. The average molecular weight is 376 g/mol. The van der Waals surface area contributed by atoms with Crippen LogP contribution in [-0.4, -0.2) is 33.6 Å². The molecule has 0 spiro atoms. The first kappa shape index (κ1) is 17.0. The van der Waals surface area contributed by atoms with Crippen molar-refractivity contribution in [3.05, 3.63) is 46.2 Å². The molecule has 26 heavy (non-hydrogen) atoms. The average Bonchev–Trinajstić information content (AvgIpc) is 3.31. The summed E-state index contributed by atoms with van der Waals surface area (Å²) < 4.78 is 36.2. The van der Waals surface area contributed by atoms with E-state index >= 15 is 0 Å². The fourth-order valence-electron chi connectivity index (χ4n) is 3.63. The third kappa shape index (κ3) is 2.42. The Balaban J connectivity index is 1.80. The largest absolute Gasteiger partial charge is 0.359 e. The molecule has 1 aliphatic heterocycles. The van der Waals surface area contributed by atoms with E-state index < -0.39 is 10.0 Å². The molecule has 138 valence electrons. The summed E-state index contributed by atoms with van der Waals surface area (Å²) in [6.45, 7) is 2.24. The van der Waals surface area contributed by atoms with Crippen LogP contribution in [-0.2, 0) is 24.1 Å². The zero-order chi connectivity index (χ0) is 18.6. The molecule has 0 aliphatic carbocycles. The van der Waals surface area contributed by atoms with E-state index in [0.29, 0.717) is 29.8 Å². The lowest BCUT2D eigenvalue weighted by Crippen LogP contribution is -2.30. The van der Waals surface area contributed by atoms with E-state index in [-0.39, 0.29) is 16.6 Å². The maximum Gasteiger partial charge on any atom is 0.328 e. The summed E-state index contributed by atoms with van der Waals surface area (Å²) in [5.41, 5.74) is 1.82. The second-order valence-corrected chi connectivity index (χ2v) is 8.59. The van der Waals surface area contributed by atoms with Crippen LogP contribution in [0.1, 0.15) is 30.3 Å². The molecule has 3 aromatic rings. The molecule has 1 fully saturated rings. The summed E-state index contributed by atoms with van der Waals surface area (Å²) in [5.74, 6) is 0.566. The van der Waals surface area contributed by atoms with E-state index in [0.717, 1.165) is 12.1 Å². The van der Waals surface area contributed by atoms with Gasteiger partial charge in [-0.15, -0.1) is 0 Å². The molecule has 0 radical (unpaired) electrons. The van der Waals surface area contributed by atoms with Gasteiger partial charge in [0.1, 0.15) is 0 Å². The number of sulfonamides is 1. The molecule has 4 rings (SSSR count). The number of hydrogen-bond donors (Lipinski definition) is 0. The van der Waals surface area contributed by atoms with Crippen LogP contribution in [0, 0.1) is 6.92 Å².